The average molecular weight is 120 g/mol. The van der Waals surface area contributed by atoms with Crippen LogP contribution in [-0.2, 0) is 4.79 Å². The molecule has 9 heavy (non-hydrogen) atoms. The van der Waals surface area contributed by atoms with Gasteiger partial charge in [-0.3, -0.25) is 0 Å². The Hall–Kier alpha value is -0.810. The third kappa shape index (κ3) is 0.585. The van der Waals surface area contributed by atoms with E-state index in [0.717, 1.165) is 12.0 Å². The van der Waals surface area contributed by atoms with Gasteiger partial charge in [-0.2, -0.15) is 0 Å². The molecule has 0 aromatic heterocycles. The van der Waals surface area contributed by atoms with E-state index in [1.54, 1.807) is 0 Å². The van der Waals surface area contributed by atoms with Gasteiger partial charge in [0.15, 0.2) is 0 Å². The van der Waals surface area contributed by atoms with Gasteiger partial charge in [0, 0.05) is 11.5 Å². The van der Waals surface area contributed by atoms with Gasteiger partial charge >= 0.3 is 0 Å². The summed E-state index contributed by atoms with van der Waals surface area (Å²) in [5.74, 6) is 3.15. The van der Waals surface area contributed by atoms with Crippen LogP contribution in [0.15, 0.2) is 17.7 Å². The van der Waals surface area contributed by atoms with E-state index in [9.17, 15) is 4.79 Å². The molecule has 0 saturated heterocycles. The SMILES string of the molecule is O=C=C1C[C@@H]2C=C[C@H]1C2. The second kappa shape index (κ2) is 1.58. The molecule has 1 heteroatoms. The van der Waals surface area contributed by atoms with E-state index in [4.69, 9.17) is 0 Å². The lowest BCUT2D eigenvalue weighted by Gasteiger charge is -2.00. The minimum atomic E-state index is 0.465. The van der Waals surface area contributed by atoms with E-state index >= 15 is 0 Å². The highest BCUT2D eigenvalue weighted by Crippen LogP contribution is 2.41. The molecule has 0 radical (unpaired) electrons. The average Bonchev–Trinajstić information content (AvgIpc) is 2.45. The number of carbonyl (C=O) groups excluding carboxylic acids is 1. The van der Waals surface area contributed by atoms with Crippen molar-refractivity contribution in [3.05, 3.63) is 17.7 Å². The molecule has 1 fully saturated rings. The second-order valence-electron chi connectivity index (χ2n) is 2.82. The fraction of sp³-hybridized carbons (Fsp3) is 0.500. The molecule has 2 rings (SSSR count). The summed E-state index contributed by atoms with van der Waals surface area (Å²) < 4.78 is 0. The Kier molecular flexibility index (Phi) is 0.882. The van der Waals surface area contributed by atoms with Crippen LogP contribution in [0.2, 0.25) is 0 Å². The topological polar surface area (TPSA) is 17.1 Å². The van der Waals surface area contributed by atoms with Gasteiger partial charge in [-0.1, -0.05) is 12.2 Å². The van der Waals surface area contributed by atoms with Gasteiger partial charge in [-0.15, -0.1) is 0 Å². The maximum absolute atomic E-state index is 10.2. The van der Waals surface area contributed by atoms with Gasteiger partial charge in [0.25, 0.3) is 0 Å². The molecule has 0 heterocycles. The molecular formula is C8H8O. The maximum atomic E-state index is 10.2. The Morgan fingerprint density at radius 3 is 2.78 bits per heavy atom. The van der Waals surface area contributed by atoms with Crippen LogP contribution in [0.4, 0.5) is 0 Å². The van der Waals surface area contributed by atoms with E-state index in [0.29, 0.717) is 11.8 Å². The minimum Gasteiger partial charge on any atom is -0.234 e. The van der Waals surface area contributed by atoms with Crippen LogP contribution >= 0.6 is 0 Å². The van der Waals surface area contributed by atoms with Crippen molar-refractivity contribution in [2.45, 2.75) is 12.8 Å². The molecular weight excluding hydrogens is 112 g/mol. The molecule has 1 saturated carbocycles. The van der Waals surface area contributed by atoms with Crippen LogP contribution in [0, 0.1) is 11.8 Å². The summed E-state index contributed by atoms with van der Waals surface area (Å²) >= 11 is 0. The highest BCUT2D eigenvalue weighted by atomic mass is 16.1. The van der Waals surface area contributed by atoms with Crippen LogP contribution in [0.5, 0.6) is 0 Å². The summed E-state index contributed by atoms with van der Waals surface area (Å²) in [6, 6.07) is 0. The van der Waals surface area contributed by atoms with Crippen LogP contribution in [0.3, 0.4) is 0 Å². The van der Waals surface area contributed by atoms with Crippen molar-refractivity contribution < 1.29 is 4.79 Å². The van der Waals surface area contributed by atoms with Crippen molar-refractivity contribution in [3.8, 4) is 0 Å². The first-order valence-electron chi connectivity index (χ1n) is 3.32. The zero-order valence-electron chi connectivity index (χ0n) is 5.13. The molecule has 2 atom stereocenters. The predicted molar refractivity (Wildman–Crippen MR) is 34.6 cm³/mol. The quantitative estimate of drug-likeness (QED) is 0.348. The Balaban J connectivity index is 2.39. The van der Waals surface area contributed by atoms with E-state index in [2.05, 4.69) is 12.2 Å². The van der Waals surface area contributed by atoms with Crippen LogP contribution < -0.4 is 0 Å². The van der Waals surface area contributed by atoms with Gasteiger partial charge in [0.2, 0.25) is 0 Å². The van der Waals surface area contributed by atoms with Gasteiger partial charge in [-0.25, -0.2) is 4.79 Å². The largest absolute Gasteiger partial charge is 0.234 e. The van der Waals surface area contributed by atoms with E-state index in [-0.39, 0.29) is 0 Å². The van der Waals surface area contributed by atoms with Crippen molar-refractivity contribution in [1.82, 2.24) is 0 Å². The molecule has 2 aliphatic rings. The fourth-order valence-corrected chi connectivity index (χ4v) is 1.74. The number of rotatable bonds is 0. The fourth-order valence-electron chi connectivity index (χ4n) is 1.74. The number of hydrogen-bond donors (Lipinski definition) is 0. The van der Waals surface area contributed by atoms with Crippen LogP contribution in [0.1, 0.15) is 12.8 Å². The van der Waals surface area contributed by atoms with Gasteiger partial charge < -0.3 is 0 Å². The zero-order chi connectivity index (χ0) is 6.27. The summed E-state index contributed by atoms with van der Waals surface area (Å²) in [7, 11) is 0. The van der Waals surface area contributed by atoms with Gasteiger partial charge in [-0.05, 0) is 18.8 Å². The lowest BCUT2D eigenvalue weighted by Crippen LogP contribution is -1.91. The first-order valence-corrected chi connectivity index (χ1v) is 3.32. The molecule has 0 N–H and O–H groups in total. The molecule has 0 aromatic rings. The molecule has 0 unspecified atom stereocenters. The van der Waals surface area contributed by atoms with E-state index in [1.165, 1.54) is 6.42 Å². The monoisotopic (exact) mass is 120 g/mol. The third-order valence-electron chi connectivity index (χ3n) is 2.23. The molecule has 1 nitrogen and oxygen atoms in total. The summed E-state index contributed by atoms with van der Waals surface area (Å²) in [5, 5.41) is 0. The lowest BCUT2D eigenvalue weighted by molar-refractivity contribution is 0.564. The minimum absolute atomic E-state index is 0.465. The van der Waals surface area contributed by atoms with Crippen LogP contribution in [0.25, 0.3) is 0 Å². The Morgan fingerprint density at radius 2 is 2.44 bits per heavy atom. The van der Waals surface area contributed by atoms with Crippen molar-refractivity contribution in [3.63, 3.8) is 0 Å². The Morgan fingerprint density at radius 1 is 1.56 bits per heavy atom. The normalized spacial score (nSPS) is 37.6. The molecule has 46 valence electrons. The van der Waals surface area contributed by atoms with Crippen molar-refractivity contribution in [1.29, 1.82) is 0 Å². The summed E-state index contributed by atoms with van der Waals surface area (Å²) in [4.78, 5) is 10.2. The highest BCUT2D eigenvalue weighted by molar-refractivity contribution is 5.57. The van der Waals surface area contributed by atoms with Gasteiger partial charge in [0.1, 0.15) is 5.94 Å². The molecule has 0 amide bonds. The lowest BCUT2D eigenvalue weighted by atomic mass is 10.0. The van der Waals surface area contributed by atoms with E-state index < -0.39 is 0 Å². The predicted octanol–water partition coefficient (Wildman–Crippen LogP) is 1.34. The third-order valence-corrected chi connectivity index (χ3v) is 2.23. The second-order valence-corrected chi connectivity index (χ2v) is 2.82. The maximum Gasteiger partial charge on any atom is 0.124 e. The van der Waals surface area contributed by atoms with Crippen LogP contribution in [-0.4, -0.2) is 5.94 Å². The molecule has 0 aliphatic heterocycles. The first-order chi connectivity index (χ1) is 4.40. The first kappa shape index (κ1) is 5.01. The smallest absolute Gasteiger partial charge is 0.124 e. The summed E-state index contributed by atoms with van der Waals surface area (Å²) in [6.45, 7) is 0. The number of fused-ring (bicyclic) bond motifs is 2. The molecule has 2 bridgehead atoms. The molecule has 2 aliphatic carbocycles. The van der Waals surface area contributed by atoms with Crippen molar-refractivity contribution in [2.24, 2.45) is 11.8 Å². The van der Waals surface area contributed by atoms with Gasteiger partial charge in [0.05, 0.1) is 0 Å². The molecule has 0 aromatic carbocycles. The van der Waals surface area contributed by atoms with Crippen molar-refractivity contribution in [2.75, 3.05) is 0 Å². The summed E-state index contributed by atoms with van der Waals surface area (Å²) in [6.07, 6.45) is 6.50. The Bertz CT molecular complexity index is 209. The van der Waals surface area contributed by atoms with Crippen molar-refractivity contribution >= 4 is 5.94 Å². The Labute approximate surface area is 54.1 Å². The summed E-state index contributed by atoms with van der Waals surface area (Å²) in [5.41, 5.74) is 0.988. The standard InChI is InChI=1S/C8H8O/c9-5-8-4-6-1-2-7(8)3-6/h1-2,6-7H,3-4H2/t6-,7+/m1/s1. The zero-order valence-corrected chi connectivity index (χ0v) is 5.13. The highest BCUT2D eigenvalue weighted by Gasteiger charge is 2.31. The number of hydrogen-bond acceptors (Lipinski definition) is 1. The molecule has 0 spiro atoms. The van der Waals surface area contributed by atoms with E-state index in [1.807, 2.05) is 5.94 Å². The number of allylic oxidation sites excluding steroid dienone is 3.